The van der Waals surface area contributed by atoms with E-state index in [9.17, 15) is 0 Å². The molecule has 1 aromatic rings. The topological polar surface area (TPSA) is 44.5 Å². The molecular formula is C16H23NO2. The molecule has 2 unspecified atom stereocenters. The Bertz CT molecular complexity index is 476. The van der Waals surface area contributed by atoms with E-state index < -0.39 is 0 Å². The molecule has 2 aliphatic rings. The minimum atomic E-state index is -0.142. The number of hydrogen-bond acceptors (Lipinski definition) is 3. The highest BCUT2D eigenvalue weighted by atomic mass is 16.5. The standard InChI is InChI=1S/C16H23NO2/c1-3-15(2)11-16(8-9-18-15)10-13(17)12-6-4-5-7-14(12)19-16/h4-7,13H,3,8-11,17H2,1-2H3/t13-,15?,16?/m1/s1. The lowest BCUT2D eigenvalue weighted by Crippen LogP contribution is -2.53. The quantitative estimate of drug-likeness (QED) is 0.844. The van der Waals surface area contributed by atoms with Crippen LogP contribution < -0.4 is 10.5 Å². The lowest BCUT2D eigenvalue weighted by Gasteiger charge is -2.49. The molecule has 1 aromatic carbocycles. The third-order valence-corrected chi connectivity index (χ3v) is 4.69. The van der Waals surface area contributed by atoms with Gasteiger partial charge in [0, 0.05) is 30.9 Å². The lowest BCUT2D eigenvalue weighted by atomic mass is 9.75. The molecule has 1 spiro atoms. The maximum atomic E-state index is 6.37. The van der Waals surface area contributed by atoms with Gasteiger partial charge < -0.3 is 15.2 Å². The van der Waals surface area contributed by atoms with E-state index in [0.29, 0.717) is 0 Å². The van der Waals surface area contributed by atoms with E-state index in [1.165, 1.54) is 0 Å². The molecule has 3 heteroatoms. The van der Waals surface area contributed by atoms with Crippen LogP contribution in [-0.4, -0.2) is 17.8 Å². The van der Waals surface area contributed by atoms with Crippen LogP contribution in [0.15, 0.2) is 24.3 Å². The first-order valence-electron chi connectivity index (χ1n) is 7.23. The van der Waals surface area contributed by atoms with Gasteiger partial charge in [0.15, 0.2) is 0 Å². The maximum Gasteiger partial charge on any atom is 0.124 e. The summed E-state index contributed by atoms with van der Waals surface area (Å²) in [7, 11) is 0. The summed E-state index contributed by atoms with van der Waals surface area (Å²) in [6.45, 7) is 5.12. The summed E-state index contributed by atoms with van der Waals surface area (Å²) in [5.41, 5.74) is 7.28. The van der Waals surface area contributed by atoms with E-state index in [2.05, 4.69) is 19.9 Å². The third kappa shape index (κ3) is 2.26. The van der Waals surface area contributed by atoms with Crippen molar-refractivity contribution in [1.29, 1.82) is 0 Å². The molecule has 3 rings (SSSR count). The number of rotatable bonds is 1. The normalized spacial score (nSPS) is 37.7. The van der Waals surface area contributed by atoms with Crippen LogP contribution in [0.3, 0.4) is 0 Å². The van der Waals surface area contributed by atoms with E-state index in [1.54, 1.807) is 0 Å². The molecule has 3 nitrogen and oxygen atoms in total. The zero-order valence-electron chi connectivity index (χ0n) is 11.8. The Morgan fingerprint density at radius 2 is 2.16 bits per heavy atom. The Morgan fingerprint density at radius 1 is 1.37 bits per heavy atom. The average molecular weight is 261 g/mol. The second-order valence-corrected chi connectivity index (χ2v) is 6.21. The zero-order valence-corrected chi connectivity index (χ0v) is 11.8. The Hall–Kier alpha value is -1.06. The number of fused-ring (bicyclic) bond motifs is 1. The van der Waals surface area contributed by atoms with Crippen molar-refractivity contribution in [2.75, 3.05) is 6.61 Å². The second-order valence-electron chi connectivity index (χ2n) is 6.21. The maximum absolute atomic E-state index is 6.37. The van der Waals surface area contributed by atoms with Gasteiger partial charge in [0.05, 0.1) is 12.2 Å². The fourth-order valence-corrected chi connectivity index (χ4v) is 3.46. The van der Waals surface area contributed by atoms with Gasteiger partial charge in [-0.25, -0.2) is 0 Å². The van der Waals surface area contributed by atoms with Gasteiger partial charge in [0.1, 0.15) is 11.4 Å². The molecular weight excluding hydrogens is 238 g/mol. The zero-order chi connectivity index (χ0) is 13.5. The molecule has 0 radical (unpaired) electrons. The van der Waals surface area contributed by atoms with Crippen LogP contribution in [0.1, 0.15) is 51.1 Å². The highest BCUT2D eigenvalue weighted by Crippen LogP contribution is 2.46. The van der Waals surface area contributed by atoms with E-state index in [0.717, 1.165) is 43.6 Å². The summed E-state index contributed by atoms with van der Waals surface area (Å²) in [5.74, 6) is 0.960. The van der Waals surface area contributed by atoms with Crippen molar-refractivity contribution in [2.24, 2.45) is 5.73 Å². The predicted molar refractivity (Wildman–Crippen MR) is 75.2 cm³/mol. The third-order valence-electron chi connectivity index (χ3n) is 4.69. The number of hydrogen-bond donors (Lipinski definition) is 1. The highest BCUT2D eigenvalue weighted by Gasteiger charge is 2.47. The van der Waals surface area contributed by atoms with Crippen molar-refractivity contribution in [1.82, 2.24) is 0 Å². The van der Waals surface area contributed by atoms with Gasteiger partial charge in [0.25, 0.3) is 0 Å². The summed E-state index contributed by atoms with van der Waals surface area (Å²) < 4.78 is 12.3. The van der Waals surface area contributed by atoms with Crippen molar-refractivity contribution >= 4 is 0 Å². The largest absolute Gasteiger partial charge is 0.487 e. The van der Waals surface area contributed by atoms with Crippen LogP contribution in [-0.2, 0) is 4.74 Å². The number of ether oxygens (including phenoxy) is 2. The van der Waals surface area contributed by atoms with Crippen LogP contribution in [0.2, 0.25) is 0 Å². The minimum absolute atomic E-state index is 0.0733. The molecule has 2 heterocycles. The highest BCUT2D eigenvalue weighted by molar-refractivity contribution is 5.38. The van der Waals surface area contributed by atoms with Crippen molar-refractivity contribution in [3.63, 3.8) is 0 Å². The number of para-hydroxylation sites is 1. The van der Waals surface area contributed by atoms with Crippen molar-refractivity contribution in [3.05, 3.63) is 29.8 Å². The molecule has 0 aromatic heterocycles. The van der Waals surface area contributed by atoms with Crippen LogP contribution in [0.5, 0.6) is 5.75 Å². The molecule has 1 saturated heterocycles. The first-order valence-corrected chi connectivity index (χ1v) is 7.23. The van der Waals surface area contributed by atoms with Gasteiger partial charge in [-0.1, -0.05) is 25.1 Å². The Labute approximate surface area is 115 Å². The molecule has 0 saturated carbocycles. The Balaban J connectivity index is 1.91. The van der Waals surface area contributed by atoms with Crippen molar-refractivity contribution < 1.29 is 9.47 Å². The fourth-order valence-electron chi connectivity index (χ4n) is 3.46. The predicted octanol–water partition coefficient (Wildman–Crippen LogP) is 3.19. The molecule has 3 atom stereocenters. The Kier molecular flexibility index (Phi) is 3.06. The molecule has 2 N–H and O–H groups in total. The van der Waals surface area contributed by atoms with E-state index in [-0.39, 0.29) is 17.2 Å². The first kappa shape index (κ1) is 12.9. The fraction of sp³-hybridized carbons (Fsp3) is 0.625. The van der Waals surface area contributed by atoms with Gasteiger partial charge in [-0.15, -0.1) is 0 Å². The van der Waals surface area contributed by atoms with Crippen LogP contribution in [0.4, 0.5) is 0 Å². The molecule has 0 bridgehead atoms. The summed E-state index contributed by atoms with van der Waals surface area (Å²) >= 11 is 0. The smallest absolute Gasteiger partial charge is 0.124 e. The number of nitrogens with two attached hydrogens (primary N) is 1. The molecule has 19 heavy (non-hydrogen) atoms. The lowest BCUT2D eigenvalue weighted by molar-refractivity contribution is -0.151. The Morgan fingerprint density at radius 3 is 2.95 bits per heavy atom. The van der Waals surface area contributed by atoms with Gasteiger partial charge >= 0.3 is 0 Å². The van der Waals surface area contributed by atoms with E-state index in [4.69, 9.17) is 15.2 Å². The molecule has 2 aliphatic heterocycles. The number of benzene rings is 1. The van der Waals surface area contributed by atoms with Gasteiger partial charge in [-0.3, -0.25) is 0 Å². The minimum Gasteiger partial charge on any atom is -0.487 e. The van der Waals surface area contributed by atoms with Crippen LogP contribution >= 0.6 is 0 Å². The first-order chi connectivity index (χ1) is 9.06. The molecule has 104 valence electrons. The molecule has 0 amide bonds. The van der Waals surface area contributed by atoms with Gasteiger partial charge in [0.2, 0.25) is 0 Å². The SMILES string of the molecule is CCC1(C)CC2(CCO1)C[C@@H](N)c1ccccc1O2. The second kappa shape index (κ2) is 4.50. The monoisotopic (exact) mass is 261 g/mol. The van der Waals surface area contributed by atoms with Crippen LogP contribution in [0, 0.1) is 0 Å². The van der Waals surface area contributed by atoms with E-state index >= 15 is 0 Å². The average Bonchev–Trinajstić information content (AvgIpc) is 2.38. The molecule has 0 aliphatic carbocycles. The summed E-state index contributed by atoms with van der Waals surface area (Å²) in [6, 6.07) is 8.23. The summed E-state index contributed by atoms with van der Waals surface area (Å²) in [5, 5.41) is 0. The van der Waals surface area contributed by atoms with Gasteiger partial charge in [-0.05, 0) is 19.4 Å². The van der Waals surface area contributed by atoms with E-state index in [1.807, 2.05) is 18.2 Å². The van der Waals surface area contributed by atoms with Gasteiger partial charge in [-0.2, -0.15) is 0 Å². The van der Waals surface area contributed by atoms with Crippen LogP contribution in [0.25, 0.3) is 0 Å². The van der Waals surface area contributed by atoms with Crippen molar-refractivity contribution in [3.8, 4) is 5.75 Å². The van der Waals surface area contributed by atoms with Crippen molar-refractivity contribution in [2.45, 2.75) is 56.8 Å². The summed E-state index contributed by atoms with van der Waals surface area (Å²) in [4.78, 5) is 0. The molecule has 1 fully saturated rings. The summed E-state index contributed by atoms with van der Waals surface area (Å²) in [6.07, 6.45) is 3.76.